The first-order valence-electron chi connectivity index (χ1n) is 9.60. The van der Waals surface area contributed by atoms with E-state index in [9.17, 15) is 10.1 Å². The molecule has 1 aliphatic rings. The molecule has 1 N–H and O–H groups in total. The monoisotopic (exact) mass is 385 g/mol. The zero-order chi connectivity index (χ0) is 20.1. The minimum Gasteiger partial charge on any atom is -0.379 e. The van der Waals surface area contributed by atoms with Crippen LogP contribution in [0.2, 0.25) is 0 Å². The lowest BCUT2D eigenvalue weighted by Gasteiger charge is -2.37. The summed E-state index contributed by atoms with van der Waals surface area (Å²) in [5.74, 6) is 1.70. The van der Waals surface area contributed by atoms with Crippen LogP contribution in [-0.4, -0.2) is 58.7 Å². The Morgan fingerprint density at radius 1 is 1.25 bits per heavy atom. The molecule has 2 heterocycles. The molecule has 8 heteroatoms. The summed E-state index contributed by atoms with van der Waals surface area (Å²) < 4.78 is 5.47. The van der Waals surface area contributed by atoms with Gasteiger partial charge < -0.3 is 10.1 Å². The second kappa shape index (κ2) is 9.07. The number of aromatic nitrogens is 2. The summed E-state index contributed by atoms with van der Waals surface area (Å²) in [7, 11) is 0. The first-order chi connectivity index (χ1) is 13.4. The first kappa shape index (κ1) is 20.2. The number of non-ortho nitro benzene ring substituents is 1. The van der Waals surface area contributed by atoms with Crippen molar-refractivity contribution in [2.45, 2.75) is 26.8 Å². The van der Waals surface area contributed by atoms with Gasteiger partial charge in [0.1, 0.15) is 5.82 Å². The number of benzene rings is 1. The number of nitrogens with one attached hydrogen (secondary N) is 1. The number of morpholine rings is 1. The molecule has 1 fully saturated rings. The maximum absolute atomic E-state index is 11.0. The number of anilines is 1. The largest absolute Gasteiger partial charge is 0.379 e. The molecule has 0 bridgehead atoms. The number of hydrogen-bond acceptors (Lipinski definition) is 7. The molecule has 0 radical (unpaired) electrons. The summed E-state index contributed by atoms with van der Waals surface area (Å²) in [6.07, 6.45) is 0. The fourth-order valence-electron chi connectivity index (χ4n) is 3.45. The van der Waals surface area contributed by atoms with Crippen LogP contribution in [0.25, 0.3) is 11.4 Å². The van der Waals surface area contributed by atoms with Crippen LogP contribution in [0.5, 0.6) is 0 Å². The maximum atomic E-state index is 11.0. The maximum Gasteiger partial charge on any atom is 0.270 e. The van der Waals surface area contributed by atoms with Crippen LogP contribution in [0.4, 0.5) is 11.5 Å². The van der Waals surface area contributed by atoms with E-state index in [1.54, 1.807) is 12.1 Å². The van der Waals surface area contributed by atoms with E-state index >= 15 is 0 Å². The van der Waals surface area contributed by atoms with Crippen molar-refractivity contribution in [1.29, 1.82) is 0 Å². The van der Waals surface area contributed by atoms with Gasteiger partial charge in [0.2, 0.25) is 0 Å². The van der Waals surface area contributed by atoms with E-state index in [2.05, 4.69) is 34.0 Å². The van der Waals surface area contributed by atoms with E-state index in [0.29, 0.717) is 23.3 Å². The number of nitro benzene ring substituents is 1. The van der Waals surface area contributed by atoms with E-state index in [0.717, 1.165) is 44.4 Å². The van der Waals surface area contributed by atoms with E-state index in [4.69, 9.17) is 4.74 Å². The number of hydrogen-bond donors (Lipinski definition) is 1. The number of aryl methyl sites for hydroxylation is 1. The Hall–Kier alpha value is -2.58. The van der Waals surface area contributed by atoms with Gasteiger partial charge in [0, 0.05) is 55.1 Å². The highest BCUT2D eigenvalue weighted by molar-refractivity contribution is 5.61. The van der Waals surface area contributed by atoms with E-state index in [1.807, 2.05) is 13.0 Å². The summed E-state index contributed by atoms with van der Waals surface area (Å²) in [5, 5.41) is 14.5. The molecule has 3 rings (SSSR count). The fraction of sp³-hybridized carbons (Fsp3) is 0.500. The number of nitrogens with zero attached hydrogens (tertiary/aromatic N) is 4. The Bertz CT molecular complexity index is 821. The van der Waals surface area contributed by atoms with Crippen molar-refractivity contribution in [3.8, 4) is 11.4 Å². The Morgan fingerprint density at radius 3 is 2.68 bits per heavy atom. The lowest BCUT2D eigenvalue weighted by Crippen LogP contribution is -2.49. The molecule has 0 amide bonds. The third-order valence-electron chi connectivity index (χ3n) is 4.95. The average molecular weight is 385 g/mol. The van der Waals surface area contributed by atoms with E-state index in [-0.39, 0.29) is 5.69 Å². The zero-order valence-electron chi connectivity index (χ0n) is 16.6. The van der Waals surface area contributed by atoms with Crippen molar-refractivity contribution in [3.05, 3.63) is 46.1 Å². The third-order valence-corrected chi connectivity index (χ3v) is 4.95. The second-order valence-corrected chi connectivity index (χ2v) is 7.37. The average Bonchev–Trinajstić information content (AvgIpc) is 2.68. The summed E-state index contributed by atoms with van der Waals surface area (Å²) in [6.45, 7) is 10.5. The SMILES string of the molecule is Cc1cc(NCC(C(C)C)N2CCOCC2)nc(-c2cccc([N+](=O)[O-])c2)n1. The molecular formula is C20H27N5O3. The Morgan fingerprint density at radius 2 is 2.00 bits per heavy atom. The summed E-state index contributed by atoms with van der Waals surface area (Å²) in [4.78, 5) is 22.1. The molecule has 1 aliphatic heterocycles. The number of ether oxygens (including phenoxy) is 1. The molecular weight excluding hydrogens is 358 g/mol. The normalized spacial score (nSPS) is 16.1. The highest BCUT2D eigenvalue weighted by atomic mass is 16.6. The lowest BCUT2D eigenvalue weighted by atomic mass is 10.0. The molecule has 1 aromatic carbocycles. The van der Waals surface area contributed by atoms with Crippen LogP contribution < -0.4 is 5.32 Å². The van der Waals surface area contributed by atoms with Crippen LogP contribution in [0, 0.1) is 23.0 Å². The van der Waals surface area contributed by atoms with Gasteiger partial charge in [0.15, 0.2) is 5.82 Å². The molecule has 1 atom stereocenters. The van der Waals surface area contributed by atoms with Crippen molar-refractivity contribution < 1.29 is 9.66 Å². The molecule has 0 spiro atoms. The highest BCUT2D eigenvalue weighted by Crippen LogP contribution is 2.23. The van der Waals surface area contributed by atoms with Gasteiger partial charge in [-0.15, -0.1) is 0 Å². The molecule has 28 heavy (non-hydrogen) atoms. The van der Waals surface area contributed by atoms with E-state index < -0.39 is 4.92 Å². The minimum absolute atomic E-state index is 0.0318. The quantitative estimate of drug-likeness (QED) is 0.578. The van der Waals surface area contributed by atoms with Gasteiger partial charge >= 0.3 is 0 Å². The zero-order valence-corrected chi connectivity index (χ0v) is 16.6. The predicted molar refractivity (Wildman–Crippen MR) is 108 cm³/mol. The molecule has 8 nitrogen and oxygen atoms in total. The second-order valence-electron chi connectivity index (χ2n) is 7.37. The van der Waals surface area contributed by atoms with Crippen molar-refractivity contribution in [1.82, 2.24) is 14.9 Å². The standard InChI is InChI=1S/C20H27N5O3/c1-14(2)18(24-7-9-28-10-8-24)13-21-19-11-15(3)22-20(23-19)16-5-4-6-17(12-16)25(26)27/h4-6,11-12,14,18H,7-10,13H2,1-3H3,(H,21,22,23). The van der Waals surface area contributed by atoms with Crippen LogP contribution in [0.1, 0.15) is 19.5 Å². The van der Waals surface area contributed by atoms with Gasteiger partial charge in [-0.05, 0) is 12.8 Å². The van der Waals surface area contributed by atoms with Gasteiger partial charge in [-0.2, -0.15) is 0 Å². The van der Waals surface area contributed by atoms with Crippen molar-refractivity contribution in [3.63, 3.8) is 0 Å². The molecule has 0 saturated carbocycles. The molecule has 2 aromatic rings. The van der Waals surface area contributed by atoms with Crippen molar-refractivity contribution >= 4 is 11.5 Å². The molecule has 1 aromatic heterocycles. The Kier molecular flexibility index (Phi) is 6.53. The summed E-state index contributed by atoms with van der Waals surface area (Å²) >= 11 is 0. The van der Waals surface area contributed by atoms with Gasteiger partial charge in [-0.3, -0.25) is 15.0 Å². The lowest BCUT2D eigenvalue weighted by molar-refractivity contribution is -0.384. The third kappa shape index (κ3) is 5.02. The fourth-order valence-corrected chi connectivity index (χ4v) is 3.45. The minimum atomic E-state index is -0.409. The van der Waals surface area contributed by atoms with Gasteiger partial charge in [-0.25, -0.2) is 9.97 Å². The van der Waals surface area contributed by atoms with Gasteiger partial charge in [0.25, 0.3) is 5.69 Å². The number of rotatable bonds is 7. The van der Waals surface area contributed by atoms with Crippen LogP contribution in [-0.2, 0) is 4.74 Å². The predicted octanol–water partition coefficient (Wildman–Crippen LogP) is 3.13. The number of nitro groups is 1. The Labute approximate surface area is 165 Å². The first-order valence-corrected chi connectivity index (χ1v) is 9.60. The Balaban J connectivity index is 1.77. The topological polar surface area (TPSA) is 93.4 Å². The highest BCUT2D eigenvalue weighted by Gasteiger charge is 2.23. The molecule has 1 unspecified atom stereocenters. The van der Waals surface area contributed by atoms with Crippen molar-refractivity contribution in [2.75, 3.05) is 38.2 Å². The molecule has 1 saturated heterocycles. The van der Waals surface area contributed by atoms with E-state index in [1.165, 1.54) is 12.1 Å². The van der Waals surface area contributed by atoms with Crippen LogP contribution >= 0.6 is 0 Å². The molecule has 0 aliphatic carbocycles. The van der Waals surface area contributed by atoms with Gasteiger partial charge in [0.05, 0.1) is 18.1 Å². The van der Waals surface area contributed by atoms with Crippen LogP contribution in [0.3, 0.4) is 0 Å². The van der Waals surface area contributed by atoms with Gasteiger partial charge in [-0.1, -0.05) is 26.0 Å². The van der Waals surface area contributed by atoms with Crippen molar-refractivity contribution in [2.24, 2.45) is 5.92 Å². The molecule has 150 valence electrons. The van der Waals surface area contributed by atoms with Crippen LogP contribution in [0.15, 0.2) is 30.3 Å². The smallest absolute Gasteiger partial charge is 0.270 e. The summed E-state index contributed by atoms with van der Waals surface area (Å²) in [5.41, 5.74) is 1.48. The summed E-state index contributed by atoms with van der Waals surface area (Å²) in [6, 6.07) is 8.69.